The predicted octanol–water partition coefficient (Wildman–Crippen LogP) is 3.61. The lowest BCUT2D eigenvalue weighted by molar-refractivity contribution is 0.600. The van der Waals surface area contributed by atoms with E-state index in [1.807, 2.05) is 0 Å². The van der Waals surface area contributed by atoms with Crippen LogP contribution in [0.25, 0.3) is 0 Å². The Balaban J connectivity index is 2.40. The average molecular weight is 362 g/mol. The van der Waals surface area contributed by atoms with E-state index in [-0.39, 0.29) is 4.90 Å². The molecule has 1 heterocycles. The molecule has 0 fully saturated rings. The standard InChI is InChI=1S/C12H10BrClN2O2S/c1-8-10(6-7-12(14)15-8)16-19(17,18)11-5-3-2-4-9(11)13/h2-7,16H,1H3. The zero-order valence-electron chi connectivity index (χ0n) is 9.89. The van der Waals surface area contributed by atoms with Crippen LogP contribution in [0.2, 0.25) is 5.15 Å². The van der Waals surface area contributed by atoms with Crippen LogP contribution in [0.15, 0.2) is 45.8 Å². The maximum absolute atomic E-state index is 12.3. The number of aryl methyl sites for hydroxylation is 1. The SMILES string of the molecule is Cc1nc(Cl)ccc1NS(=O)(=O)c1ccccc1Br. The molecule has 4 nitrogen and oxygen atoms in total. The number of hydrogen-bond donors (Lipinski definition) is 1. The third kappa shape index (κ3) is 3.26. The summed E-state index contributed by atoms with van der Waals surface area (Å²) in [4.78, 5) is 4.17. The van der Waals surface area contributed by atoms with Crippen molar-refractivity contribution in [2.45, 2.75) is 11.8 Å². The van der Waals surface area contributed by atoms with Crippen LogP contribution in [0, 0.1) is 6.92 Å². The van der Waals surface area contributed by atoms with Crippen LogP contribution in [-0.2, 0) is 10.0 Å². The van der Waals surface area contributed by atoms with Crippen LogP contribution >= 0.6 is 27.5 Å². The van der Waals surface area contributed by atoms with Gasteiger partial charge in [0.1, 0.15) is 10.0 Å². The van der Waals surface area contributed by atoms with Gasteiger partial charge in [0.15, 0.2) is 0 Å². The number of pyridine rings is 1. The fraction of sp³-hybridized carbons (Fsp3) is 0.0833. The third-order valence-electron chi connectivity index (χ3n) is 2.42. The van der Waals surface area contributed by atoms with Crippen molar-refractivity contribution in [3.8, 4) is 0 Å². The first-order valence-corrected chi connectivity index (χ1v) is 7.96. The molecule has 0 aliphatic heterocycles. The van der Waals surface area contributed by atoms with Gasteiger partial charge in [0.05, 0.1) is 11.4 Å². The molecule has 0 amide bonds. The van der Waals surface area contributed by atoms with Crippen molar-refractivity contribution in [1.82, 2.24) is 4.98 Å². The minimum Gasteiger partial charge on any atom is -0.278 e. The summed E-state index contributed by atoms with van der Waals surface area (Å²) in [5.41, 5.74) is 0.920. The average Bonchev–Trinajstić information content (AvgIpc) is 2.33. The van der Waals surface area contributed by atoms with Gasteiger partial charge in [-0.2, -0.15) is 0 Å². The van der Waals surface area contributed by atoms with Gasteiger partial charge < -0.3 is 0 Å². The Hall–Kier alpha value is -1.11. The van der Waals surface area contributed by atoms with Crippen molar-refractivity contribution < 1.29 is 8.42 Å². The van der Waals surface area contributed by atoms with E-state index in [2.05, 4.69) is 25.6 Å². The highest BCUT2D eigenvalue weighted by Gasteiger charge is 2.18. The fourth-order valence-electron chi connectivity index (χ4n) is 1.50. The highest BCUT2D eigenvalue weighted by Crippen LogP contribution is 2.25. The van der Waals surface area contributed by atoms with Crippen LogP contribution in [0.1, 0.15) is 5.69 Å². The fourth-order valence-corrected chi connectivity index (χ4v) is 3.81. The molecular weight excluding hydrogens is 352 g/mol. The van der Waals surface area contributed by atoms with Crippen LogP contribution in [0.4, 0.5) is 5.69 Å². The number of rotatable bonds is 3. The summed E-state index contributed by atoms with van der Waals surface area (Å²) in [5, 5.41) is 0.321. The molecule has 19 heavy (non-hydrogen) atoms. The van der Waals surface area contributed by atoms with E-state index in [9.17, 15) is 8.42 Å². The molecule has 100 valence electrons. The van der Waals surface area contributed by atoms with E-state index in [1.54, 1.807) is 31.2 Å². The minimum atomic E-state index is -3.66. The van der Waals surface area contributed by atoms with Gasteiger partial charge in [-0.05, 0) is 47.1 Å². The molecule has 7 heteroatoms. The number of aromatic nitrogens is 1. The Bertz CT molecular complexity index is 719. The van der Waals surface area contributed by atoms with Crippen LogP contribution in [0.5, 0.6) is 0 Å². The number of benzene rings is 1. The number of sulfonamides is 1. The molecule has 1 aromatic carbocycles. The zero-order valence-corrected chi connectivity index (χ0v) is 13.1. The van der Waals surface area contributed by atoms with Crippen molar-refractivity contribution in [1.29, 1.82) is 0 Å². The van der Waals surface area contributed by atoms with Crippen molar-refractivity contribution in [2.75, 3.05) is 4.72 Å². The Morgan fingerprint density at radius 3 is 2.53 bits per heavy atom. The summed E-state index contributed by atoms with van der Waals surface area (Å²) in [5.74, 6) is 0. The molecular formula is C12H10BrClN2O2S. The molecule has 0 aliphatic rings. The summed E-state index contributed by atoms with van der Waals surface area (Å²) < 4.78 is 27.5. The first-order valence-electron chi connectivity index (χ1n) is 5.30. The first kappa shape index (κ1) is 14.3. The molecule has 0 saturated carbocycles. The maximum Gasteiger partial charge on any atom is 0.263 e. The van der Waals surface area contributed by atoms with Crippen molar-refractivity contribution in [2.24, 2.45) is 0 Å². The normalized spacial score (nSPS) is 11.3. The number of nitrogens with one attached hydrogen (secondary N) is 1. The monoisotopic (exact) mass is 360 g/mol. The van der Waals surface area contributed by atoms with Crippen molar-refractivity contribution >= 4 is 43.2 Å². The summed E-state index contributed by atoms with van der Waals surface area (Å²) in [6, 6.07) is 9.71. The van der Waals surface area contributed by atoms with Crippen LogP contribution < -0.4 is 4.72 Å². The third-order valence-corrected chi connectivity index (χ3v) is 5.01. The Morgan fingerprint density at radius 1 is 1.21 bits per heavy atom. The lowest BCUT2D eigenvalue weighted by atomic mass is 10.3. The van der Waals surface area contributed by atoms with Gasteiger partial charge in [-0.15, -0.1) is 0 Å². The lowest BCUT2D eigenvalue weighted by Gasteiger charge is -2.11. The van der Waals surface area contributed by atoms with Gasteiger partial charge in [-0.3, -0.25) is 4.72 Å². The topological polar surface area (TPSA) is 59.1 Å². The Kier molecular flexibility index (Phi) is 4.13. The molecule has 2 aromatic rings. The second-order valence-corrected chi connectivity index (χ2v) is 6.70. The van der Waals surface area contributed by atoms with Crippen LogP contribution in [-0.4, -0.2) is 13.4 Å². The summed E-state index contributed by atoms with van der Waals surface area (Å²) >= 11 is 8.95. The van der Waals surface area contributed by atoms with Gasteiger partial charge in [0.2, 0.25) is 0 Å². The van der Waals surface area contributed by atoms with E-state index in [0.29, 0.717) is 21.0 Å². The van der Waals surface area contributed by atoms with E-state index in [0.717, 1.165) is 0 Å². The molecule has 0 atom stereocenters. The van der Waals surface area contributed by atoms with E-state index < -0.39 is 10.0 Å². The lowest BCUT2D eigenvalue weighted by Crippen LogP contribution is -2.14. The van der Waals surface area contributed by atoms with Crippen molar-refractivity contribution in [3.63, 3.8) is 0 Å². The number of anilines is 1. The predicted molar refractivity (Wildman–Crippen MR) is 78.9 cm³/mol. The summed E-state index contributed by atoms with van der Waals surface area (Å²) in [6.45, 7) is 1.68. The molecule has 0 radical (unpaired) electrons. The summed E-state index contributed by atoms with van der Waals surface area (Å²) in [6.07, 6.45) is 0. The second-order valence-electron chi connectivity index (χ2n) is 3.80. The Morgan fingerprint density at radius 2 is 1.89 bits per heavy atom. The van der Waals surface area contributed by atoms with E-state index in [4.69, 9.17) is 11.6 Å². The molecule has 1 N–H and O–H groups in total. The minimum absolute atomic E-state index is 0.171. The molecule has 0 spiro atoms. The van der Waals surface area contributed by atoms with Gasteiger partial charge in [0.25, 0.3) is 10.0 Å². The molecule has 0 saturated heterocycles. The van der Waals surface area contributed by atoms with Crippen LogP contribution in [0.3, 0.4) is 0 Å². The number of hydrogen-bond acceptors (Lipinski definition) is 3. The summed E-state index contributed by atoms with van der Waals surface area (Å²) in [7, 11) is -3.66. The highest BCUT2D eigenvalue weighted by molar-refractivity contribution is 9.10. The smallest absolute Gasteiger partial charge is 0.263 e. The first-order chi connectivity index (χ1) is 8.90. The second kappa shape index (κ2) is 5.48. The van der Waals surface area contributed by atoms with Gasteiger partial charge in [0, 0.05) is 4.47 Å². The van der Waals surface area contributed by atoms with E-state index in [1.165, 1.54) is 12.1 Å². The van der Waals surface area contributed by atoms with Gasteiger partial charge in [-0.1, -0.05) is 23.7 Å². The molecule has 0 unspecified atom stereocenters. The molecule has 0 bridgehead atoms. The quantitative estimate of drug-likeness (QED) is 0.850. The van der Waals surface area contributed by atoms with Gasteiger partial charge >= 0.3 is 0 Å². The van der Waals surface area contributed by atoms with Gasteiger partial charge in [-0.25, -0.2) is 13.4 Å². The zero-order chi connectivity index (χ0) is 14.0. The van der Waals surface area contributed by atoms with Crippen molar-refractivity contribution in [3.05, 3.63) is 51.7 Å². The largest absolute Gasteiger partial charge is 0.278 e. The molecule has 0 aliphatic carbocycles. The van der Waals surface area contributed by atoms with E-state index >= 15 is 0 Å². The molecule has 1 aromatic heterocycles. The highest BCUT2D eigenvalue weighted by atomic mass is 79.9. The Labute approximate surface area is 125 Å². The molecule has 2 rings (SSSR count). The maximum atomic E-state index is 12.3. The number of nitrogens with zero attached hydrogens (tertiary/aromatic N) is 1. The number of halogens is 2.